The van der Waals surface area contributed by atoms with Crippen LogP contribution < -0.4 is 4.72 Å². The van der Waals surface area contributed by atoms with Crippen LogP contribution in [0.1, 0.15) is 42.3 Å². The monoisotopic (exact) mass is 334 g/mol. The maximum atomic E-state index is 13.0. The fraction of sp³-hybridized carbons (Fsp3) is 0.500. The van der Waals surface area contributed by atoms with Crippen LogP contribution in [0.4, 0.5) is 5.69 Å². The Morgan fingerprint density at radius 2 is 2.04 bits per heavy atom. The maximum absolute atomic E-state index is 13.0. The molecule has 2 aromatic rings. The summed E-state index contributed by atoms with van der Waals surface area (Å²) in [6.45, 7) is 3.85. The molecule has 0 unspecified atom stereocenters. The number of anilines is 1. The molecule has 6 nitrogen and oxygen atoms in total. The average Bonchev–Trinajstić information content (AvgIpc) is 2.85. The molecule has 23 heavy (non-hydrogen) atoms. The van der Waals surface area contributed by atoms with E-state index in [1.165, 1.54) is 4.68 Å². The van der Waals surface area contributed by atoms with Gasteiger partial charge in [-0.1, -0.05) is 6.92 Å². The van der Waals surface area contributed by atoms with Gasteiger partial charge in [0.25, 0.3) is 10.0 Å². The van der Waals surface area contributed by atoms with E-state index >= 15 is 0 Å². The second-order valence-corrected chi connectivity index (χ2v) is 7.57. The summed E-state index contributed by atoms with van der Waals surface area (Å²) in [4.78, 5) is 4.28. The predicted octanol–water partition coefficient (Wildman–Crippen LogP) is 2.37. The third kappa shape index (κ3) is 2.85. The summed E-state index contributed by atoms with van der Waals surface area (Å²) in [6.07, 6.45) is 6.07. The van der Waals surface area contributed by atoms with Crippen LogP contribution in [0.2, 0.25) is 0 Å². The lowest BCUT2D eigenvalue weighted by molar-refractivity contribution is 0.579. The van der Waals surface area contributed by atoms with Crippen molar-refractivity contribution < 1.29 is 8.42 Å². The summed E-state index contributed by atoms with van der Waals surface area (Å²) >= 11 is 0. The van der Waals surface area contributed by atoms with Crippen LogP contribution in [0.5, 0.6) is 0 Å². The van der Waals surface area contributed by atoms with Gasteiger partial charge in [-0.2, -0.15) is 13.5 Å². The van der Waals surface area contributed by atoms with Gasteiger partial charge in [-0.25, -0.2) is 0 Å². The summed E-state index contributed by atoms with van der Waals surface area (Å²) in [5.74, 6) is 0. The summed E-state index contributed by atoms with van der Waals surface area (Å²) in [6, 6.07) is 1.82. The van der Waals surface area contributed by atoms with Crippen molar-refractivity contribution in [3.05, 3.63) is 34.8 Å². The first-order valence-corrected chi connectivity index (χ1v) is 9.44. The van der Waals surface area contributed by atoms with E-state index in [2.05, 4.69) is 14.8 Å². The quantitative estimate of drug-likeness (QED) is 0.931. The number of fused-ring (bicyclic) bond motifs is 1. The van der Waals surface area contributed by atoms with E-state index < -0.39 is 10.0 Å². The number of nitrogens with one attached hydrogen (secondary N) is 1. The molecule has 0 atom stereocenters. The Balaban J connectivity index is 2.06. The standard InChI is InChI=1S/C16H22N4O2S/c1-4-13-15(11(2)9-10-17-13)19-23(21,22)16-12-7-5-6-8-14(12)18-20(16)3/h9-10,19H,4-8H2,1-3H3. The van der Waals surface area contributed by atoms with E-state index in [1.807, 2.05) is 19.9 Å². The Morgan fingerprint density at radius 1 is 1.30 bits per heavy atom. The zero-order valence-corrected chi connectivity index (χ0v) is 14.6. The molecule has 0 aliphatic heterocycles. The highest BCUT2D eigenvalue weighted by atomic mass is 32.2. The average molecular weight is 334 g/mol. The zero-order valence-electron chi connectivity index (χ0n) is 13.8. The second kappa shape index (κ2) is 5.96. The summed E-state index contributed by atoms with van der Waals surface area (Å²) in [7, 11) is -1.99. The fourth-order valence-electron chi connectivity index (χ4n) is 3.19. The molecular weight excluding hydrogens is 312 g/mol. The molecule has 1 N–H and O–H groups in total. The molecule has 0 fully saturated rings. The highest BCUT2D eigenvalue weighted by molar-refractivity contribution is 7.92. The molecule has 2 aromatic heterocycles. The molecule has 124 valence electrons. The van der Waals surface area contributed by atoms with Crippen molar-refractivity contribution in [3.8, 4) is 0 Å². The van der Waals surface area contributed by atoms with Crippen molar-refractivity contribution >= 4 is 15.7 Å². The molecule has 0 aromatic carbocycles. The highest BCUT2D eigenvalue weighted by Crippen LogP contribution is 2.29. The van der Waals surface area contributed by atoms with Gasteiger partial charge < -0.3 is 0 Å². The second-order valence-electron chi connectivity index (χ2n) is 5.97. The summed E-state index contributed by atoms with van der Waals surface area (Å²) in [5, 5.41) is 4.70. The molecule has 1 aliphatic carbocycles. The molecule has 0 amide bonds. The molecule has 0 saturated carbocycles. The Bertz CT molecular complexity index is 840. The predicted molar refractivity (Wildman–Crippen MR) is 89.0 cm³/mol. The van der Waals surface area contributed by atoms with E-state index in [-0.39, 0.29) is 5.03 Å². The Morgan fingerprint density at radius 3 is 2.78 bits per heavy atom. The first kappa shape index (κ1) is 16.0. The van der Waals surface area contributed by atoms with E-state index in [4.69, 9.17) is 0 Å². The number of hydrogen-bond donors (Lipinski definition) is 1. The Labute approximate surface area is 137 Å². The van der Waals surface area contributed by atoms with Crippen LogP contribution >= 0.6 is 0 Å². The van der Waals surface area contributed by atoms with Crippen molar-refractivity contribution in [1.82, 2.24) is 14.8 Å². The number of hydrogen-bond acceptors (Lipinski definition) is 4. The normalized spacial score (nSPS) is 14.6. The van der Waals surface area contributed by atoms with Crippen LogP contribution in [0, 0.1) is 6.92 Å². The third-order valence-electron chi connectivity index (χ3n) is 4.33. The van der Waals surface area contributed by atoms with Gasteiger partial charge in [0.15, 0.2) is 5.03 Å². The molecule has 2 heterocycles. The Hall–Kier alpha value is -1.89. The Kier molecular flexibility index (Phi) is 4.14. The first-order chi connectivity index (χ1) is 10.9. The van der Waals surface area contributed by atoms with Crippen LogP contribution in [0.25, 0.3) is 0 Å². The molecule has 1 aliphatic rings. The molecule has 0 saturated heterocycles. The van der Waals surface area contributed by atoms with Crippen LogP contribution in [0.3, 0.4) is 0 Å². The maximum Gasteiger partial charge on any atom is 0.279 e. The SMILES string of the molecule is CCc1nccc(C)c1NS(=O)(=O)c1c2c(nn1C)CCCC2. The van der Waals surface area contributed by atoms with Crippen molar-refractivity contribution in [1.29, 1.82) is 0 Å². The molecule has 3 rings (SSSR count). The number of aromatic nitrogens is 3. The molecule has 0 radical (unpaired) electrons. The number of rotatable bonds is 4. The van der Waals surface area contributed by atoms with E-state index in [9.17, 15) is 8.42 Å². The smallest absolute Gasteiger partial charge is 0.276 e. The number of sulfonamides is 1. The van der Waals surface area contributed by atoms with Gasteiger partial charge in [-0.3, -0.25) is 14.4 Å². The number of pyridine rings is 1. The number of aryl methyl sites for hydroxylation is 4. The van der Waals surface area contributed by atoms with Crippen molar-refractivity contribution in [2.45, 2.75) is 51.0 Å². The van der Waals surface area contributed by atoms with Crippen molar-refractivity contribution in [3.63, 3.8) is 0 Å². The number of nitrogens with zero attached hydrogens (tertiary/aromatic N) is 3. The van der Waals surface area contributed by atoms with E-state index in [1.54, 1.807) is 13.2 Å². The molecule has 0 spiro atoms. The highest BCUT2D eigenvalue weighted by Gasteiger charge is 2.29. The minimum atomic E-state index is -3.69. The third-order valence-corrected chi connectivity index (χ3v) is 5.82. The van der Waals surface area contributed by atoms with Crippen molar-refractivity contribution in [2.24, 2.45) is 7.05 Å². The summed E-state index contributed by atoms with van der Waals surface area (Å²) in [5.41, 5.74) is 3.99. The first-order valence-electron chi connectivity index (χ1n) is 7.96. The lowest BCUT2D eigenvalue weighted by Gasteiger charge is -2.16. The van der Waals surface area contributed by atoms with Gasteiger partial charge in [0.05, 0.1) is 17.1 Å². The molecule has 0 bridgehead atoms. The van der Waals surface area contributed by atoms with E-state index in [0.717, 1.165) is 48.2 Å². The molecular formula is C16H22N4O2S. The van der Waals surface area contributed by atoms with Crippen LogP contribution in [-0.4, -0.2) is 23.2 Å². The van der Waals surface area contributed by atoms with Crippen LogP contribution in [-0.2, 0) is 36.3 Å². The van der Waals surface area contributed by atoms with Gasteiger partial charge in [0, 0.05) is 18.8 Å². The van der Waals surface area contributed by atoms with Gasteiger partial charge in [-0.05, 0) is 50.7 Å². The van der Waals surface area contributed by atoms with Gasteiger partial charge in [0.2, 0.25) is 0 Å². The summed E-state index contributed by atoms with van der Waals surface area (Å²) < 4.78 is 30.2. The fourth-order valence-corrected chi connectivity index (χ4v) is 4.77. The largest absolute Gasteiger partial charge is 0.279 e. The molecule has 7 heteroatoms. The van der Waals surface area contributed by atoms with Crippen LogP contribution in [0.15, 0.2) is 17.3 Å². The van der Waals surface area contributed by atoms with Gasteiger partial charge in [0.1, 0.15) is 0 Å². The lowest BCUT2D eigenvalue weighted by atomic mass is 9.99. The lowest BCUT2D eigenvalue weighted by Crippen LogP contribution is -2.20. The minimum Gasteiger partial charge on any atom is -0.276 e. The van der Waals surface area contributed by atoms with Gasteiger partial charge >= 0.3 is 0 Å². The van der Waals surface area contributed by atoms with E-state index in [0.29, 0.717) is 12.1 Å². The van der Waals surface area contributed by atoms with Crippen molar-refractivity contribution in [2.75, 3.05) is 4.72 Å². The zero-order chi connectivity index (χ0) is 16.6. The minimum absolute atomic E-state index is 0.289. The topological polar surface area (TPSA) is 76.9 Å². The van der Waals surface area contributed by atoms with Gasteiger partial charge in [-0.15, -0.1) is 0 Å².